The summed E-state index contributed by atoms with van der Waals surface area (Å²) in [4.78, 5) is 8.19. The maximum absolute atomic E-state index is 13.6. The summed E-state index contributed by atoms with van der Waals surface area (Å²) in [5, 5.41) is 14.3. The van der Waals surface area contributed by atoms with Gasteiger partial charge in [0.05, 0.1) is 16.3 Å². The molecule has 0 atom stereocenters. The largest absolute Gasteiger partial charge is 0.325 e. The number of hydrogen-bond acceptors (Lipinski definition) is 5. The third-order valence-corrected chi connectivity index (χ3v) is 5.85. The van der Waals surface area contributed by atoms with Crippen molar-refractivity contribution in [1.29, 1.82) is 5.26 Å². The molecule has 0 saturated heterocycles. The van der Waals surface area contributed by atoms with Gasteiger partial charge in [0.15, 0.2) is 6.19 Å². The number of nitrogens with one attached hydrogen (secondary N) is 2. The predicted octanol–water partition coefficient (Wildman–Crippen LogP) is 3.40. The van der Waals surface area contributed by atoms with Crippen LogP contribution in [0.3, 0.4) is 0 Å². The van der Waals surface area contributed by atoms with E-state index in [4.69, 9.17) is 5.26 Å². The number of aliphatic imine (C=N–C) groups is 1. The van der Waals surface area contributed by atoms with Crippen LogP contribution in [0.2, 0.25) is 0 Å². The highest BCUT2D eigenvalue weighted by Gasteiger charge is 2.18. The summed E-state index contributed by atoms with van der Waals surface area (Å²) in [5.74, 6) is -0.352. The van der Waals surface area contributed by atoms with E-state index >= 15 is 0 Å². The Balaban J connectivity index is 1.77. The second kappa shape index (κ2) is 9.15. The molecule has 0 aliphatic rings. The van der Waals surface area contributed by atoms with Crippen LogP contribution in [-0.2, 0) is 16.4 Å². The number of pyridine rings is 1. The van der Waals surface area contributed by atoms with Crippen molar-refractivity contribution in [2.45, 2.75) is 23.3 Å². The van der Waals surface area contributed by atoms with Gasteiger partial charge in [0, 0.05) is 18.1 Å². The highest BCUT2D eigenvalue weighted by molar-refractivity contribution is 7.91. The minimum atomic E-state index is -3.83. The Morgan fingerprint density at radius 3 is 2.43 bits per heavy atom. The molecule has 0 aliphatic heterocycles. The highest BCUT2D eigenvalue weighted by Crippen LogP contribution is 2.23. The van der Waals surface area contributed by atoms with Gasteiger partial charge >= 0.3 is 0 Å². The molecule has 0 unspecified atom stereocenters. The topological polar surface area (TPSA) is 107 Å². The zero-order valence-electron chi connectivity index (χ0n) is 16.0. The molecule has 0 saturated carbocycles. The van der Waals surface area contributed by atoms with Crippen molar-refractivity contribution in [2.75, 3.05) is 5.32 Å². The summed E-state index contributed by atoms with van der Waals surface area (Å²) >= 11 is 0. The highest BCUT2D eigenvalue weighted by atomic mass is 32.2. The number of aromatic nitrogens is 1. The van der Waals surface area contributed by atoms with Crippen LogP contribution >= 0.6 is 0 Å². The van der Waals surface area contributed by atoms with Gasteiger partial charge in [-0.1, -0.05) is 12.1 Å². The van der Waals surface area contributed by atoms with E-state index in [1.165, 1.54) is 24.3 Å². The first-order valence-electron chi connectivity index (χ1n) is 8.86. The fourth-order valence-electron chi connectivity index (χ4n) is 2.67. The number of rotatable bonds is 5. The number of guanidine groups is 1. The molecule has 7 nitrogen and oxygen atoms in total. The number of halogens is 1. The van der Waals surface area contributed by atoms with Gasteiger partial charge in [-0.05, 0) is 60.5 Å². The second-order valence-electron chi connectivity index (χ2n) is 6.37. The number of nitriles is 1. The molecule has 1 aromatic heterocycles. The Kier molecular flexibility index (Phi) is 6.39. The summed E-state index contributed by atoms with van der Waals surface area (Å²) in [7, 11) is -3.83. The van der Waals surface area contributed by atoms with Gasteiger partial charge in [0.1, 0.15) is 5.82 Å². The van der Waals surface area contributed by atoms with E-state index < -0.39 is 15.7 Å². The lowest BCUT2D eigenvalue weighted by atomic mass is 10.2. The van der Waals surface area contributed by atoms with Crippen molar-refractivity contribution in [3.05, 3.63) is 83.9 Å². The SMILES string of the molecule is Cc1cc(F)cc(S(=O)(=O)c2ccc(CN=C(NC#N)Nc3ccncc3)cc2)c1. The van der Waals surface area contributed by atoms with E-state index in [0.29, 0.717) is 11.3 Å². The first-order chi connectivity index (χ1) is 14.4. The van der Waals surface area contributed by atoms with Crippen LogP contribution in [0.15, 0.2) is 81.8 Å². The monoisotopic (exact) mass is 423 g/mol. The first-order valence-corrected chi connectivity index (χ1v) is 10.3. The van der Waals surface area contributed by atoms with Crippen LogP contribution in [0, 0.1) is 24.2 Å². The number of sulfone groups is 1. The summed E-state index contributed by atoms with van der Waals surface area (Å²) in [6.07, 6.45) is 5.02. The van der Waals surface area contributed by atoms with Gasteiger partial charge in [0.25, 0.3) is 0 Å². The molecule has 0 aliphatic carbocycles. The molecule has 152 valence electrons. The van der Waals surface area contributed by atoms with Crippen LogP contribution < -0.4 is 10.6 Å². The number of hydrogen-bond donors (Lipinski definition) is 2. The van der Waals surface area contributed by atoms with Gasteiger partial charge in [-0.2, -0.15) is 5.26 Å². The van der Waals surface area contributed by atoms with Crippen LogP contribution in [-0.4, -0.2) is 19.4 Å². The van der Waals surface area contributed by atoms with E-state index in [1.54, 1.807) is 43.6 Å². The number of aryl methyl sites for hydroxylation is 1. The molecule has 30 heavy (non-hydrogen) atoms. The molecule has 2 N–H and O–H groups in total. The van der Waals surface area contributed by atoms with Crippen molar-refractivity contribution < 1.29 is 12.8 Å². The zero-order valence-corrected chi connectivity index (χ0v) is 16.8. The van der Waals surface area contributed by atoms with Crippen molar-refractivity contribution >= 4 is 21.5 Å². The normalized spacial score (nSPS) is 11.6. The maximum Gasteiger partial charge on any atom is 0.209 e. The molecule has 9 heteroatoms. The van der Waals surface area contributed by atoms with Crippen molar-refractivity contribution in [1.82, 2.24) is 10.3 Å². The average Bonchev–Trinajstić information content (AvgIpc) is 2.72. The lowest BCUT2D eigenvalue weighted by molar-refractivity contribution is 0.590. The third kappa shape index (κ3) is 5.18. The molecule has 3 rings (SSSR count). The van der Waals surface area contributed by atoms with Crippen LogP contribution in [0.25, 0.3) is 0 Å². The lowest BCUT2D eigenvalue weighted by Gasteiger charge is -2.09. The molecule has 1 heterocycles. The van der Waals surface area contributed by atoms with Crippen LogP contribution in [0.5, 0.6) is 0 Å². The van der Waals surface area contributed by atoms with Crippen molar-refractivity contribution in [3.63, 3.8) is 0 Å². The van der Waals surface area contributed by atoms with Crippen LogP contribution in [0.1, 0.15) is 11.1 Å². The minimum absolute atomic E-state index is 0.0607. The lowest BCUT2D eigenvalue weighted by Crippen LogP contribution is -2.26. The van der Waals surface area contributed by atoms with E-state index in [9.17, 15) is 12.8 Å². The summed E-state index contributed by atoms with van der Waals surface area (Å²) in [5.41, 5.74) is 1.97. The van der Waals surface area contributed by atoms with E-state index in [1.807, 2.05) is 6.19 Å². The minimum Gasteiger partial charge on any atom is -0.325 e. The molecular formula is C21H18FN5O2S. The molecule has 0 fully saturated rings. The molecule has 3 aromatic rings. The number of benzene rings is 2. The van der Waals surface area contributed by atoms with E-state index in [0.717, 1.165) is 11.6 Å². The molecule has 2 aromatic carbocycles. The maximum atomic E-state index is 13.6. The van der Waals surface area contributed by atoms with Crippen LogP contribution in [0.4, 0.5) is 10.1 Å². The summed E-state index contributed by atoms with van der Waals surface area (Å²) in [6, 6.07) is 13.3. The van der Waals surface area contributed by atoms with E-state index in [-0.39, 0.29) is 22.3 Å². The van der Waals surface area contributed by atoms with Gasteiger partial charge in [-0.3, -0.25) is 10.3 Å². The Labute approximate surface area is 173 Å². The summed E-state index contributed by atoms with van der Waals surface area (Å²) < 4.78 is 39.1. The van der Waals surface area contributed by atoms with Crippen molar-refractivity contribution in [2.24, 2.45) is 4.99 Å². The Morgan fingerprint density at radius 1 is 1.10 bits per heavy atom. The Morgan fingerprint density at radius 2 is 1.80 bits per heavy atom. The number of anilines is 1. The smallest absolute Gasteiger partial charge is 0.209 e. The van der Waals surface area contributed by atoms with Gasteiger partial charge in [-0.15, -0.1) is 0 Å². The molecular weight excluding hydrogens is 405 g/mol. The van der Waals surface area contributed by atoms with Gasteiger partial charge in [-0.25, -0.2) is 17.8 Å². The Hall–Kier alpha value is -3.77. The zero-order chi connectivity index (χ0) is 21.6. The first kappa shape index (κ1) is 21.0. The number of nitrogens with zero attached hydrogens (tertiary/aromatic N) is 3. The third-order valence-electron chi connectivity index (χ3n) is 4.10. The second-order valence-corrected chi connectivity index (χ2v) is 8.32. The molecule has 0 bridgehead atoms. The van der Waals surface area contributed by atoms with Gasteiger partial charge < -0.3 is 5.32 Å². The van der Waals surface area contributed by atoms with Gasteiger partial charge in [0.2, 0.25) is 15.8 Å². The molecule has 0 radical (unpaired) electrons. The summed E-state index contributed by atoms with van der Waals surface area (Å²) in [6.45, 7) is 1.84. The molecule has 0 spiro atoms. The average molecular weight is 423 g/mol. The fraction of sp³-hybridized carbons (Fsp3) is 0.0952. The fourth-order valence-corrected chi connectivity index (χ4v) is 4.05. The van der Waals surface area contributed by atoms with E-state index in [2.05, 4.69) is 20.6 Å². The Bertz CT molecular complexity index is 1180. The standard InChI is InChI=1S/C21H18FN5O2S/c1-15-10-17(22)12-20(11-15)30(28,29)19-4-2-16(3-5-19)13-25-21(26-14-23)27-18-6-8-24-9-7-18/h2-12H,13H2,1H3,(H2,24,25,26,27). The predicted molar refractivity (Wildman–Crippen MR) is 111 cm³/mol. The van der Waals surface area contributed by atoms with Crippen molar-refractivity contribution in [3.8, 4) is 6.19 Å². The quantitative estimate of drug-likeness (QED) is 0.282. The molecule has 0 amide bonds.